The molecule has 4 atom stereocenters. The van der Waals surface area contributed by atoms with Gasteiger partial charge < -0.3 is 18.9 Å². The Morgan fingerprint density at radius 1 is 0.778 bits per heavy atom. The van der Waals surface area contributed by atoms with Crippen LogP contribution in [-0.2, 0) is 26.0 Å². The summed E-state index contributed by atoms with van der Waals surface area (Å²) in [5.74, 6) is -2.24. The van der Waals surface area contributed by atoms with Gasteiger partial charge in [-0.2, -0.15) is 5.10 Å². The van der Waals surface area contributed by atoms with Crippen LogP contribution in [0.1, 0.15) is 37.3 Å². The molecule has 1 aliphatic heterocycles. The fourth-order valence-corrected chi connectivity index (χ4v) is 5.06. The number of H-pyrrole nitrogens is 1. The number of ether oxygens (including phenoxy) is 4. The summed E-state index contributed by atoms with van der Waals surface area (Å²) in [6.45, 7) is -0.440. The summed E-state index contributed by atoms with van der Waals surface area (Å²) in [6, 6.07) is 24.4. The number of nitrogens with one attached hydrogen (secondary N) is 1. The second-order valence-electron chi connectivity index (χ2n) is 10.2. The first-order valence-electron chi connectivity index (χ1n) is 13.9. The first kappa shape index (κ1) is 29.3. The van der Waals surface area contributed by atoms with Gasteiger partial charge in [-0.3, -0.25) is 19.0 Å². The molecule has 3 heterocycles. The topological polar surface area (TPSA) is 161 Å². The third-order valence-electron chi connectivity index (χ3n) is 7.16. The Hall–Kier alpha value is -5.82. The molecule has 0 aliphatic carbocycles. The lowest BCUT2D eigenvalue weighted by Crippen LogP contribution is -2.43. The van der Waals surface area contributed by atoms with Crippen LogP contribution < -0.4 is 11.2 Å². The van der Waals surface area contributed by atoms with Crippen molar-refractivity contribution in [2.75, 3.05) is 6.61 Å². The van der Waals surface area contributed by atoms with E-state index in [9.17, 15) is 24.0 Å². The molecule has 1 fully saturated rings. The van der Waals surface area contributed by atoms with Gasteiger partial charge in [0.15, 0.2) is 24.0 Å². The highest BCUT2D eigenvalue weighted by Gasteiger charge is 2.52. The van der Waals surface area contributed by atoms with Crippen molar-refractivity contribution < 1.29 is 33.3 Å². The molecule has 0 spiro atoms. The SMILES string of the molecule is Cn1cc2c(n1)c(=O)[nH]c(=O)n2[C@@H]1O[C@H](COC(=O)c2ccccc2)[C@@H](OC(=O)c2ccccc2)[C@H]1OC(=O)c1ccccc1. The van der Waals surface area contributed by atoms with Crippen molar-refractivity contribution in [3.05, 3.63) is 135 Å². The molecular formula is C32H26N4O9. The van der Waals surface area contributed by atoms with Gasteiger partial charge in [-0.15, -0.1) is 0 Å². The molecule has 3 aromatic carbocycles. The number of aromatic nitrogens is 4. The van der Waals surface area contributed by atoms with Gasteiger partial charge in [0, 0.05) is 13.2 Å². The summed E-state index contributed by atoms with van der Waals surface area (Å²) in [4.78, 5) is 67.6. The first-order valence-corrected chi connectivity index (χ1v) is 13.9. The van der Waals surface area contributed by atoms with E-state index in [1.165, 1.54) is 35.1 Å². The number of aryl methyl sites for hydroxylation is 1. The van der Waals surface area contributed by atoms with E-state index in [4.69, 9.17) is 18.9 Å². The number of rotatable bonds is 8. The van der Waals surface area contributed by atoms with Gasteiger partial charge in [-0.25, -0.2) is 19.2 Å². The first-order chi connectivity index (χ1) is 21.8. The van der Waals surface area contributed by atoms with Crippen molar-refractivity contribution in [1.29, 1.82) is 0 Å². The Morgan fingerprint density at radius 3 is 1.84 bits per heavy atom. The minimum atomic E-state index is -1.45. The largest absolute Gasteiger partial charge is 0.459 e. The normalized spacial score (nSPS) is 19.2. The van der Waals surface area contributed by atoms with Crippen molar-refractivity contribution in [1.82, 2.24) is 19.3 Å². The highest BCUT2D eigenvalue weighted by Crippen LogP contribution is 2.36. The number of hydrogen-bond acceptors (Lipinski definition) is 10. The number of aromatic amines is 1. The maximum absolute atomic E-state index is 13.4. The number of hydrogen-bond donors (Lipinski definition) is 1. The Morgan fingerprint density at radius 2 is 1.29 bits per heavy atom. The van der Waals surface area contributed by atoms with Crippen LogP contribution in [0.2, 0.25) is 0 Å². The number of nitrogens with zero attached hydrogens (tertiary/aromatic N) is 3. The highest BCUT2D eigenvalue weighted by atomic mass is 16.7. The standard InChI is InChI=1S/C32H26N4O9/c1-35-17-22-24(34-35)27(37)33-32(41)36(22)28-26(45-31(40)21-15-9-4-10-16-21)25(44-30(39)20-13-7-3-8-14-20)23(43-28)18-42-29(38)19-11-5-2-6-12-19/h2-17,23,25-26,28H,18H2,1H3,(H,33,37,41)/t23-,25-,26-,28-/m1/s1. The molecule has 13 heteroatoms. The smallest absolute Gasteiger partial charge is 0.338 e. The fourth-order valence-electron chi connectivity index (χ4n) is 5.06. The van der Waals surface area contributed by atoms with E-state index < -0.39 is 60.3 Å². The summed E-state index contributed by atoms with van der Waals surface area (Å²) in [7, 11) is 1.56. The van der Waals surface area contributed by atoms with Crippen molar-refractivity contribution in [3.8, 4) is 0 Å². The molecule has 0 bridgehead atoms. The molecule has 1 N–H and O–H groups in total. The van der Waals surface area contributed by atoms with E-state index in [2.05, 4.69) is 10.1 Å². The van der Waals surface area contributed by atoms with E-state index in [1.54, 1.807) is 73.8 Å². The van der Waals surface area contributed by atoms with Gasteiger partial charge in [-0.05, 0) is 36.4 Å². The molecule has 5 aromatic rings. The predicted molar refractivity (Wildman–Crippen MR) is 158 cm³/mol. The molecule has 0 saturated carbocycles. The molecule has 13 nitrogen and oxygen atoms in total. The molecule has 1 saturated heterocycles. The molecule has 2 aromatic heterocycles. The quantitative estimate of drug-likeness (QED) is 0.204. The zero-order chi connectivity index (χ0) is 31.5. The number of esters is 3. The van der Waals surface area contributed by atoms with E-state index >= 15 is 0 Å². The van der Waals surface area contributed by atoms with Gasteiger partial charge in [0.25, 0.3) is 5.56 Å². The maximum Gasteiger partial charge on any atom is 0.338 e. The second-order valence-corrected chi connectivity index (χ2v) is 10.2. The minimum Gasteiger partial charge on any atom is -0.459 e. The van der Waals surface area contributed by atoms with Crippen LogP contribution >= 0.6 is 0 Å². The Labute approximate surface area is 254 Å². The van der Waals surface area contributed by atoms with Crippen molar-refractivity contribution in [2.24, 2.45) is 7.05 Å². The van der Waals surface area contributed by atoms with Crippen LogP contribution in [0.4, 0.5) is 0 Å². The summed E-state index contributed by atoms with van der Waals surface area (Å²) >= 11 is 0. The monoisotopic (exact) mass is 610 g/mol. The zero-order valence-corrected chi connectivity index (χ0v) is 23.8. The molecule has 1 aliphatic rings. The third-order valence-corrected chi connectivity index (χ3v) is 7.16. The van der Waals surface area contributed by atoms with Crippen LogP contribution in [0.15, 0.2) is 107 Å². The Balaban J connectivity index is 1.43. The van der Waals surface area contributed by atoms with Crippen LogP contribution in [0.25, 0.3) is 11.0 Å². The van der Waals surface area contributed by atoms with Gasteiger partial charge in [0.2, 0.25) is 0 Å². The summed E-state index contributed by atoms with van der Waals surface area (Å²) < 4.78 is 26.0. The van der Waals surface area contributed by atoms with Crippen molar-refractivity contribution in [2.45, 2.75) is 24.5 Å². The fraction of sp³-hybridized carbons (Fsp3) is 0.188. The number of fused-ring (bicyclic) bond motifs is 1. The second kappa shape index (κ2) is 12.4. The Bertz CT molecular complexity index is 1970. The molecule has 228 valence electrons. The molecular weight excluding hydrogens is 584 g/mol. The summed E-state index contributed by atoms with van der Waals surface area (Å²) in [6.07, 6.45) is -4.04. The number of carbonyl (C=O) groups is 3. The average Bonchev–Trinajstić information content (AvgIpc) is 3.61. The lowest BCUT2D eigenvalue weighted by molar-refractivity contribution is -0.0620. The van der Waals surface area contributed by atoms with Gasteiger partial charge in [-0.1, -0.05) is 54.6 Å². The summed E-state index contributed by atoms with van der Waals surface area (Å²) in [5.41, 5.74) is -0.971. The van der Waals surface area contributed by atoms with Crippen molar-refractivity contribution in [3.63, 3.8) is 0 Å². The summed E-state index contributed by atoms with van der Waals surface area (Å²) in [5, 5.41) is 4.13. The highest BCUT2D eigenvalue weighted by molar-refractivity contribution is 5.91. The molecule has 45 heavy (non-hydrogen) atoms. The van der Waals surface area contributed by atoms with E-state index in [1.807, 2.05) is 0 Å². The number of benzene rings is 3. The van der Waals surface area contributed by atoms with E-state index in [-0.39, 0.29) is 27.7 Å². The number of carbonyl (C=O) groups excluding carboxylic acids is 3. The van der Waals surface area contributed by atoms with Crippen molar-refractivity contribution >= 4 is 28.9 Å². The average molecular weight is 611 g/mol. The lowest BCUT2D eigenvalue weighted by Gasteiger charge is -2.25. The van der Waals surface area contributed by atoms with Crippen LogP contribution in [0, 0.1) is 0 Å². The predicted octanol–water partition coefficient (Wildman–Crippen LogP) is 2.63. The van der Waals surface area contributed by atoms with Crippen LogP contribution in [0.5, 0.6) is 0 Å². The maximum atomic E-state index is 13.4. The van der Waals surface area contributed by atoms with Gasteiger partial charge in [0.05, 0.1) is 22.2 Å². The lowest BCUT2D eigenvalue weighted by atomic mass is 10.1. The molecule has 0 radical (unpaired) electrons. The van der Waals surface area contributed by atoms with Gasteiger partial charge >= 0.3 is 23.6 Å². The molecule has 0 amide bonds. The zero-order valence-electron chi connectivity index (χ0n) is 23.8. The van der Waals surface area contributed by atoms with Crippen LogP contribution in [-0.4, -0.2) is 62.2 Å². The molecule has 0 unspecified atom stereocenters. The van der Waals surface area contributed by atoms with E-state index in [0.29, 0.717) is 0 Å². The Kier molecular flexibility index (Phi) is 8.08. The minimum absolute atomic E-state index is 0.0760. The third kappa shape index (κ3) is 6.01. The van der Waals surface area contributed by atoms with E-state index in [0.717, 1.165) is 4.57 Å². The van der Waals surface area contributed by atoms with Gasteiger partial charge in [0.1, 0.15) is 12.7 Å². The molecule has 6 rings (SSSR count). The van der Waals surface area contributed by atoms with Crippen LogP contribution in [0.3, 0.4) is 0 Å².